The average molecular weight is 223 g/mol. The van der Waals surface area contributed by atoms with Crippen LogP contribution in [0.1, 0.15) is 17.2 Å². The molecule has 1 N–H and O–H groups in total. The van der Waals surface area contributed by atoms with Crippen molar-refractivity contribution in [2.24, 2.45) is 0 Å². The standard InChI is InChI=1S/C12H17NO3/c1-13(2)8-9-6-4-5-7-10(9)11(14)12(15)16-3/h4-7,11,14H,8H2,1-3H3. The van der Waals surface area contributed by atoms with E-state index < -0.39 is 12.1 Å². The zero-order chi connectivity index (χ0) is 12.1. The van der Waals surface area contributed by atoms with Crippen LogP contribution in [0.4, 0.5) is 0 Å². The van der Waals surface area contributed by atoms with Crippen LogP contribution in [0.3, 0.4) is 0 Å². The molecule has 0 heterocycles. The van der Waals surface area contributed by atoms with Crippen molar-refractivity contribution in [1.82, 2.24) is 4.90 Å². The van der Waals surface area contributed by atoms with Crippen molar-refractivity contribution in [3.63, 3.8) is 0 Å². The van der Waals surface area contributed by atoms with Crippen LogP contribution < -0.4 is 0 Å². The number of ether oxygens (including phenoxy) is 1. The van der Waals surface area contributed by atoms with Crippen molar-refractivity contribution in [2.45, 2.75) is 12.6 Å². The Balaban J connectivity index is 2.98. The molecule has 0 spiro atoms. The molecule has 0 aliphatic heterocycles. The quantitative estimate of drug-likeness (QED) is 0.772. The Bertz CT molecular complexity index is 363. The van der Waals surface area contributed by atoms with Crippen molar-refractivity contribution < 1.29 is 14.6 Å². The van der Waals surface area contributed by atoms with Gasteiger partial charge in [-0.25, -0.2) is 4.79 Å². The molecule has 1 unspecified atom stereocenters. The zero-order valence-corrected chi connectivity index (χ0v) is 9.80. The Kier molecular flexibility index (Phi) is 4.46. The number of hydrogen-bond acceptors (Lipinski definition) is 4. The van der Waals surface area contributed by atoms with Gasteiger partial charge in [-0.2, -0.15) is 0 Å². The van der Waals surface area contributed by atoms with Gasteiger partial charge in [-0.1, -0.05) is 24.3 Å². The van der Waals surface area contributed by atoms with Gasteiger partial charge >= 0.3 is 5.97 Å². The minimum absolute atomic E-state index is 0.600. The van der Waals surface area contributed by atoms with E-state index in [0.717, 1.165) is 5.56 Å². The lowest BCUT2D eigenvalue weighted by Crippen LogP contribution is -2.18. The molecule has 0 saturated carbocycles. The summed E-state index contributed by atoms with van der Waals surface area (Å²) in [5, 5.41) is 9.79. The molecule has 0 radical (unpaired) electrons. The van der Waals surface area contributed by atoms with Crippen LogP contribution in [0.25, 0.3) is 0 Å². The summed E-state index contributed by atoms with van der Waals surface area (Å²) < 4.78 is 4.52. The first kappa shape index (κ1) is 12.7. The molecule has 0 aliphatic rings. The van der Waals surface area contributed by atoms with E-state index in [-0.39, 0.29) is 0 Å². The summed E-state index contributed by atoms with van der Waals surface area (Å²) in [5.41, 5.74) is 1.52. The number of esters is 1. The summed E-state index contributed by atoms with van der Waals surface area (Å²) in [5.74, 6) is -0.633. The van der Waals surface area contributed by atoms with E-state index in [4.69, 9.17) is 0 Å². The maximum atomic E-state index is 11.3. The van der Waals surface area contributed by atoms with Gasteiger partial charge in [-0.3, -0.25) is 0 Å². The van der Waals surface area contributed by atoms with Crippen LogP contribution in [0.5, 0.6) is 0 Å². The predicted molar refractivity (Wildman–Crippen MR) is 60.8 cm³/mol. The minimum Gasteiger partial charge on any atom is -0.467 e. The summed E-state index contributed by atoms with van der Waals surface area (Å²) in [6.45, 7) is 0.671. The fourth-order valence-corrected chi connectivity index (χ4v) is 1.52. The maximum absolute atomic E-state index is 11.3. The molecule has 0 aromatic heterocycles. The van der Waals surface area contributed by atoms with Crippen LogP contribution in [-0.2, 0) is 16.1 Å². The van der Waals surface area contributed by atoms with E-state index >= 15 is 0 Å². The van der Waals surface area contributed by atoms with Gasteiger partial charge in [-0.15, -0.1) is 0 Å². The number of benzene rings is 1. The van der Waals surface area contributed by atoms with E-state index in [2.05, 4.69) is 4.74 Å². The zero-order valence-electron chi connectivity index (χ0n) is 9.80. The molecule has 0 aliphatic carbocycles. The van der Waals surface area contributed by atoms with Gasteiger partial charge in [0.2, 0.25) is 0 Å². The highest BCUT2D eigenvalue weighted by atomic mass is 16.5. The first-order valence-corrected chi connectivity index (χ1v) is 5.04. The number of carbonyl (C=O) groups excluding carboxylic acids is 1. The molecular weight excluding hydrogens is 206 g/mol. The van der Waals surface area contributed by atoms with Crippen molar-refractivity contribution in [1.29, 1.82) is 0 Å². The van der Waals surface area contributed by atoms with Gasteiger partial charge in [0.1, 0.15) is 0 Å². The highest BCUT2D eigenvalue weighted by Gasteiger charge is 2.20. The van der Waals surface area contributed by atoms with Crippen molar-refractivity contribution in [3.8, 4) is 0 Å². The third-order valence-electron chi connectivity index (χ3n) is 2.26. The van der Waals surface area contributed by atoms with Gasteiger partial charge in [-0.05, 0) is 25.2 Å². The molecule has 0 amide bonds. The van der Waals surface area contributed by atoms with E-state index in [1.807, 2.05) is 31.1 Å². The molecule has 1 atom stereocenters. The molecule has 0 fully saturated rings. The van der Waals surface area contributed by atoms with E-state index in [1.54, 1.807) is 12.1 Å². The van der Waals surface area contributed by atoms with Crippen LogP contribution in [0, 0.1) is 0 Å². The molecule has 0 saturated heterocycles. The van der Waals surface area contributed by atoms with Crippen LogP contribution >= 0.6 is 0 Å². The number of aliphatic hydroxyl groups is 1. The van der Waals surface area contributed by atoms with Crippen molar-refractivity contribution in [3.05, 3.63) is 35.4 Å². The number of hydrogen-bond donors (Lipinski definition) is 1. The molecule has 4 heteroatoms. The van der Waals surface area contributed by atoms with Gasteiger partial charge in [0.25, 0.3) is 0 Å². The Morgan fingerprint density at radius 1 is 1.44 bits per heavy atom. The lowest BCUT2D eigenvalue weighted by Gasteiger charge is -2.16. The third kappa shape index (κ3) is 3.05. The number of aliphatic hydroxyl groups excluding tert-OH is 1. The SMILES string of the molecule is COC(=O)C(O)c1ccccc1CN(C)C. The van der Waals surface area contributed by atoms with Crippen molar-refractivity contribution in [2.75, 3.05) is 21.2 Å². The first-order valence-electron chi connectivity index (χ1n) is 5.04. The molecule has 16 heavy (non-hydrogen) atoms. The first-order chi connectivity index (χ1) is 7.56. The largest absolute Gasteiger partial charge is 0.467 e. The Morgan fingerprint density at radius 2 is 2.06 bits per heavy atom. The number of methoxy groups -OCH3 is 1. The Morgan fingerprint density at radius 3 is 2.62 bits per heavy atom. The summed E-state index contributed by atoms with van der Waals surface area (Å²) in [6, 6.07) is 7.30. The highest BCUT2D eigenvalue weighted by molar-refractivity contribution is 5.76. The Hall–Kier alpha value is -1.39. The predicted octanol–water partition coefficient (Wildman–Crippen LogP) is 0.955. The molecule has 1 aromatic carbocycles. The Labute approximate surface area is 95.5 Å². The average Bonchev–Trinajstić information content (AvgIpc) is 2.27. The topological polar surface area (TPSA) is 49.8 Å². The smallest absolute Gasteiger partial charge is 0.339 e. The second-order valence-corrected chi connectivity index (χ2v) is 3.86. The summed E-state index contributed by atoms with van der Waals surface area (Å²) in [4.78, 5) is 13.2. The number of rotatable bonds is 4. The van der Waals surface area contributed by atoms with Crippen LogP contribution in [0.2, 0.25) is 0 Å². The second-order valence-electron chi connectivity index (χ2n) is 3.86. The minimum atomic E-state index is -1.21. The molecule has 1 aromatic rings. The van der Waals surface area contributed by atoms with Gasteiger partial charge in [0.05, 0.1) is 7.11 Å². The third-order valence-corrected chi connectivity index (χ3v) is 2.26. The van der Waals surface area contributed by atoms with E-state index in [0.29, 0.717) is 12.1 Å². The van der Waals surface area contributed by atoms with E-state index in [9.17, 15) is 9.90 Å². The fraction of sp³-hybridized carbons (Fsp3) is 0.417. The molecule has 88 valence electrons. The number of nitrogens with zero attached hydrogens (tertiary/aromatic N) is 1. The van der Waals surface area contributed by atoms with Crippen LogP contribution in [0.15, 0.2) is 24.3 Å². The molecule has 0 bridgehead atoms. The molecule has 4 nitrogen and oxygen atoms in total. The van der Waals surface area contributed by atoms with Crippen molar-refractivity contribution >= 4 is 5.97 Å². The summed E-state index contributed by atoms with van der Waals surface area (Å²) >= 11 is 0. The summed E-state index contributed by atoms with van der Waals surface area (Å²) in [7, 11) is 5.13. The van der Waals surface area contributed by atoms with Crippen LogP contribution in [-0.4, -0.2) is 37.2 Å². The summed E-state index contributed by atoms with van der Waals surface area (Å²) in [6.07, 6.45) is -1.21. The maximum Gasteiger partial charge on any atom is 0.339 e. The molecular formula is C12H17NO3. The van der Waals surface area contributed by atoms with Gasteiger partial charge in [0, 0.05) is 6.54 Å². The normalized spacial score (nSPS) is 12.6. The van der Waals surface area contributed by atoms with Gasteiger partial charge in [0.15, 0.2) is 6.10 Å². The van der Waals surface area contributed by atoms with E-state index in [1.165, 1.54) is 7.11 Å². The fourth-order valence-electron chi connectivity index (χ4n) is 1.52. The van der Waals surface area contributed by atoms with Gasteiger partial charge < -0.3 is 14.7 Å². The molecule has 1 rings (SSSR count). The lowest BCUT2D eigenvalue weighted by molar-refractivity contribution is -0.150. The highest BCUT2D eigenvalue weighted by Crippen LogP contribution is 2.20. The monoisotopic (exact) mass is 223 g/mol. The number of carbonyl (C=O) groups is 1. The second kappa shape index (κ2) is 5.63. The lowest BCUT2D eigenvalue weighted by atomic mass is 10.0.